The zero-order chi connectivity index (χ0) is 30.2. The van der Waals surface area contributed by atoms with Crippen molar-refractivity contribution in [2.45, 2.75) is 50.7 Å². The Balaban J connectivity index is 1.79. The topological polar surface area (TPSA) is 131 Å². The van der Waals surface area contributed by atoms with E-state index in [1.165, 1.54) is 19.2 Å². The molecule has 2 aromatic rings. The van der Waals surface area contributed by atoms with Gasteiger partial charge in [0.1, 0.15) is 24.6 Å². The van der Waals surface area contributed by atoms with E-state index in [2.05, 4.69) is 10.6 Å². The van der Waals surface area contributed by atoms with Gasteiger partial charge in [0, 0.05) is 32.0 Å². The van der Waals surface area contributed by atoms with Crippen molar-refractivity contribution >= 4 is 29.5 Å². The third kappa shape index (κ3) is 9.03. The van der Waals surface area contributed by atoms with Gasteiger partial charge in [-0.1, -0.05) is 0 Å². The standard InChI is InChI=1S/C26H28F4N2O9/c1-4-37-23-22(36-3)21(39-14(2)33)20(41-25(35)32-17-9-5-15(6-10-17)26(28,29)30)19(40-23)13-38-24(34)31-18-11-7-16(27)8-12-18/h5-12,19-23H,4,13H2,1-3H3,(H,31,34)(H,32,35)/t19-,20-,21+,22-,23+/m1/s1. The molecular weight excluding hydrogens is 560 g/mol. The zero-order valence-corrected chi connectivity index (χ0v) is 22.1. The fraction of sp³-hybridized carbons (Fsp3) is 0.423. The van der Waals surface area contributed by atoms with Crippen LogP contribution in [0.5, 0.6) is 0 Å². The number of hydrogen-bond donors (Lipinski definition) is 2. The van der Waals surface area contributed by atoms with Crippen LogP contribution in [-0.2, 0) is 39.4 Å². The predicted molar refractivity (Wildman–Crippen MR) is 133 cm³/mol. The number of alkyl halides is 3. The Morgan fingerprint density at radius 2 is 1.46 bits per heavy atom. The Labute approximate surface area is 232 Å². The van der Waals surface area contributed by atoms with Crippen LogP contribution < -0.4 is 10.6 Å². The molecule has 224 valence electrons. The van der Waals surface area contributed by atoms with Gasteiger partial charge in [0.25, 0.3) is 0 Å². The molecule has 0 bridgehead atoms. The number of rotatable bonds is 9. The molecule has 0 radical (unpaired) electrons. The Bertz CT molecular complexity index is 1180. The van der Waals surface area contributed by atoms with E-state index in [-0.39, 0.29) is 18.0 Å². The van der Waals surface area contributed by atoms with Crippen molar-refractivity contribution < 1.29 is 60.4 Å². The number of halogens is 4. The van der Waals surface area contributed by atoms with Gasteiger partial charge < -0.3 is 28.4 Å². The normalized spacial score (nSPS) is 22.4. The van der Waals surface area contributed by atoms with Crippen molar-refractivity contribution in [3.8, 4) is 0 Å². The van der Waals surface area contributed by atoms with Crippen molar-refractivity contribution in [3.63, 3.8) is 0 Å². The Morgan fingerprint density at radius 3 is 2.00 bits per heavy atom. The van der Waals surface area contributed by atoms with Gasteiger partial charge in [-0.25, -0.2) is 14.0 Å². The predicted octanol–water partition coefficient (Wildman–Crippen LogP) is 4.72. The average molecular weight is 589 g/mol. The summed E-state index contributed by atoms with van der Waals surface area (Å²) in [5.41, 5.74) is -0.715. The largest absolute Gasteiger partial charge is 0.455 e. The molecule has 5 atom stereocenters. The zero-order valence-electron chi connectivity index (χ0n) is 22.1. The molecule has 3 rings (SSSR count). The second-order valence-electron chi connectivity index (χ2n) is 8.57. The van der Waals surface area contributed by atoms with E-state index in [0.29, 0.717) is 0 Å². The van der Waals surface area contributed by atoms with Crippen molar-refractivity contribution in [2.24, 2.45) is 0 Å². The highest BCUT2D eigenvalue weighted by Gasteiger charge is 2.51. The summed E-state index contributed by atoms with van der Waals surface area (Å²) < 4.78 is 84.6. The van der Waals surface area contributed by atoms with Gasteiger partial charge in [-0.05, 0) is 55.5 Å². The lowest BCUT2D eigenvalue weighted by atomic mass is 9.98. The summed E-state index contributed by atoms with van der Waals surface area (Å²) in [5.74, 6) is -1.28. The Hall–Kier alpha value is -3.95. The molecule has 2 aromatic carbocycles. The maximum Gasteiger partial charge on any atom is 0.416 e. The van der Waals surface area contributed by atoms with E-state index in [1.807, 2.05) is 0 Å². The summed E-state index contributed by atoms with van der Waals surface area (Å²) in [6, 6.07) is 8.44. The minimum atomic E-state index is -4.57. The highest BCUT2D eigenvalue weighted by molar-refractivity contribution is 5.85. The lowest BCUT2D eigenvalue weighted by Crippen LogP contribution is -2.62. The highest BCUT2D eigenvalue weighted by Crippen LogP contribution is 2.31. The molecular formula is C26H28F4N2O9. The molecule has 0 aliphatic carbocycles. The van der Waals surface area contributed by atoms with E-state index < -0.39 is 73.0 Å². The summed E-state index contributed by atoms with van der Waals surface area (Å²) in [6.45, 7) is 2.39. The van der Waals surface area contributed by atoms with Crippen molar-refractivity contribution in [1.82, 2.24) is 0 Å². The van der Waals surface area contributed by atoms with Gasteiger partial charge in [-0.15, -0.1) is 0 Å². The number of nitrogens with one attached hydrogen (secondary N) is 2. The molecule has 1 heterocycles. The minimum Gasteiger partial charge on any atom is -0.455 e. The second kappa shape index (κ2) is 14.1. The van der Waals surface area contributed by atoms with E-state index in [1.54, 1.807) is 6.92 Å². The number of carbonyl (C=O) groups excluding carboxylic acids is 3. The van der Waals surface area contributed by atoms with Crippen molar-refractivity contribution in [3.05, 3.63) is 59.9 Å². The summed E-state index contributed by atoms with van der Waals surface area (Å²) in [4.78, 5) is 37.1. The van der Waals surface area contributed by atoms with Crippen molar-refractivity contribution in [2.75, 3.05) is 31.0 Å². The molecule has 0 aromatic heterocycles. The molecule has 0 unspecified atom stereocenters. The number of benzene rings is 2. The van der Waals surface area contributed by atoms with Gasteiger partial charge in [0.05, 0.1) is 5.56 Å². The molecule has 2 N–H and O–H groups in total. The SMILES string of the molecule is CCO[C@H]1O[C@H](COC(=O)Nc2ccc(F)cc2)[C@@H](OC(=O)Nc2ccc(C(F)(F)F)cc2)[C@H](OC(C)=O)[C@H]1OC. The fourth-order valence-electron chi connectivity index (χ4n) is 3.89. The summed E-state index contributed by atoms with van der Waals surface area (Å²) in [5, 5.41) is 4.67. The average Bonchev–Trinajstić information content (AvgIpc) is 2.90. The van der Waals surface area contributed by atoms with Crippen LogP contribution >= 0.6 is 0 Å². The van der Waals surface area contributed by atoms with Crippen LogP contribution in [0.1, 0.15) is 19.4 Å². The highest BCUT2D eigenvalue weighted by atomic mass is 19.4. The lowest BCUT2D eigenvalue weighted by molar-refractivity contribution is -0.305. The maximum absolute atomic E-state index is 13.1. The molecule has 1 fully saturated rings. The van der Waals surface area contributed by atoms with Crippen LogP contribution in [0.25, 0.3) is 0 Å². The van der Waals surface area contributed by atoms with Crippen LogP contribution in [-0.4, -0.2) is 69.2 Å². The summed E-state index contributed by atoms with van der Waals surface area (Å²) in [6.07, 6.45) is -12.9. The number of methoxy groups -OCH3 is 1. The number of anilines is 2. The van der Waals surface area contributed by atoms with Crippen molar-refractivity contribution in [1.29, 1.82) is 0 Å². The van der Waals surface area contributed by atoms with Gasteiger partial charge in [-0.3, -0.25) is 15.4 Å². The van der Waals surface area contributed by atoms with Gasteiger partial charge in [0.15, 0.2) is 18.5 Å². The number of ether oxygens (including phenoxy) is 6. The van der Waals surface area contributed by atoms with Gasteiger partial charge in [0.2, 0.25) is 0 Å². The van der Waals surface area contributed by atoms with Crippen LogP contribution in [0.15, 0.2) is 48.5 Å². The molecule has 41 heavy (non-hydrogen) atoms. The number of carbonyl (C=O) groups is 3. The quantitative estimate of drug-likeness (QED) is 0.243. The number of amides is 2. The third-order valence-corrected chi connectivity index (χ3v) is 5.67. The van der Waals surface area contributed by atoms with E-state index in [9.17, 15) is 31.9 Å². The van der Waals surface area contributed by atoms with Crippen LogP contribution in [0.2, 0.25) is 0 Å². The van der Waals surface area contributed by atoms with Crippen LogP contribution in [0, 0.1) is 5.82 Å². The number of esters is 1. The van der Waals surface area contributed by atoms with Crippen LogP contribution in [0.3, 0.4) is 0 Å². The molecule has 1 saturated heterocycles. The molecule has 11 nitrogen and oxygen atoms in total. The summed E-state index contributed by atoms with van der Waals surface area (Å²) in [7, 11) is 1.28. The Kier molecular flexibility index (Phi) is 10.9. The minimum absolute atomic E-state index is 0.0225. The van der Waals surface area contributed by atoms with E-state index in [4.69, 9.17) is 28.4 Å². The van der Waals surface area contributed by atoms with Gasteiger partial charge in [-0.2, -0.15) is 13.2 Å². The first-order valence-corrected chi connectivity index (χ1v) is 12.2. The molecule has 1 aliphatic heterocycles. The third-order valence-electron chi connectivity index (χ3n) is 5.67. The lowest BCUT2D eigenvalue weighted by Gasteiger charge is -2.44. The van der Waals surface area contributed by atoms with Gasteiger partial charge >= 0.3 is 24.3 Å². The monoisotopic (exact) mass is 588 g/mol. The molecule has 2 amide bonds. The first-order valence-electron chi connectivity index (χ1n) is 12.2. The van der Waals surface area contributed by atoms with E-state index in [0.717, 1.165) is 43.3 Å². The second-order valence-corrected chi connectivity index (χ2v) is 8.57. The van der Waals surface area contributed by atoms with Crippen LogP contribution in [0.4, 0.5) is 38.5 Å². The maximum atomic E-state index is 13.1. The Morgan fingerprint density at radius 1 is 0.878 bits per heavy atom. The van der Waals surface area contributed by atoms with E-state index >= 15 is 0 Å². The smallest absolute Gasteiger partial charge is 0.416 e. The summed E-state index contributed by atoms with van der Waals surface area (Å²) >= 11 is 0. The first kappa shape index (κ1) is 31.6. The fourth-order valence-corrected chi connectivity index (χ4v) is 3.89. The molecule has 0 spiro atoms. The molecule has 1 aliphatic rings. The molecule has 0 saturated carbocycles. The first-order chi connectivity index (χ1) is 19.4. The number of hydrogen-bond acceptors (Lipinski definition) is 9. The molecule has 15 heteroatoms.